The fraction of sp³-hybridized carbons (Fsp3) is 1.00. The quantitative estimate of drug-likeness (QED) is 0.618. The van der Waals surface area contributed by atoms with Crippen molar-refractivity contribution in [3.63, 3.8) is 0 Å². The topological polar surface area (TPSA) is 6.48 Å². The van der Waals surface area contributed by atoms with Crippen LogP contribution in [0.5, 0.6) is 0 Å². The molecule has 0 spiro atoms. The number of likely N-dealkylation sites (N-methyl/N-ethyl adjacent to an activating group) is 2. The largest absolute Gasteiger partial charge is 0.301 e. The highest BCUT2D eigenvalue weighted by atomic mass is 15.3. The maximum atomic E-state index is 2.51. The zero-order chi connectivity index (χ0) is 9.14. The lowest BCUT2D eigenvalue weighted by molar-refractivity contribution is 0.0483. The predicted octanol–water partition coefficient (Wildman–Crippen LogP) is 1.42. The highest BCUT2D eigenvalue weighted by molar-refractivity contribution is 4.87. The van der Waals surface area contributed by atoms with Crippen LogP contribution in [-0.2, 0) is 0 Å². The average Bonchev–Trinajstić information content (AvgIpc) is 2.08. The van der Waals surface area contributed by atoms with Crippen LogP contribution in [0.25, 0.3) is 0 Å². The van der Waals surface area contributed by atoms with E-state index in [0.29, 0.717) is 0 Å². The number of hydrogen-bond acceptors (Lipinski definition) is 2. The molecule has 1 aliphatic heterocycles. The Morgan fingerprint density at radius 3 is 1.50 bits per heavy atom. The van der Waals surface area contributed by atoms with Gasteiger partial charge in [0.05, 0.1) is 0 Å². The van der Waals surface area contributed by atoms with Gasteiger partial charge in [-0.2, -0.15) is 0 Å². The molecule has 12 heavy (non-hydrogen) atoms. The summed E-state index contributed by atoms with van der Waals surface area (Å²) < 4.78 is 0. The minimum absolute atomic E-state index is 0.772. The highest BCUT2D eigenvalue weighted by Crippen LogP contribution is 2.19. The number of rotatable bonds is 2. The number of nitrogens with zero attached hydrogens (tertiary/aromatic N) is 2. The lowest BCUT2D eigenvalue weighted by Crippen LogP contribution is -2.56. The van der Waals surface area contributed by atoms with E-state index in [-0.39, 0.29) is 0 Å². The van der Waals surface area contributed by atoms with Gasteiger partial charge in [-0.3, -0.25) is 0 Å². The average molecular weight is 170 g/mol. The van der Waals surface area contributed by atoms with E-state index in [1.807, 2.05) is 0 Å². The maximum Gasteiger partial charge on any atom is 0.0246 e. The van der Waals surface area contributed by atoms with Gasteiger partial charge in [0.15, 0.2) is 0 Å². The van der Waals surface area contributed by atoms with Crippen LogP contribution < -0.4 is 0 Å². The molecular weight excluding hydrogens is 148 g/mol. The molecule has 1 aliphatic rings. The second kappa shape index (κ2) is 4.24. The van der Waals surface area contributed by atoms with Crippen LogP contribution in [0.4, 0.5) is 0 Å². The third-order valence-electron chi connectivity index (χ3n) is 3.22. The second-order valence-corrected chi connectivity index (χ2v) is 3.91. The fourth-order valence-electron chi connectivity index (χ4n) is 2.40. The summed E-state index contributed by atoms with van der Waals surface area (Å²) in [6.45, 7) is 7.04. The van der Waals surface area contributed by atoms with Crippen molar-refractivity contribution in [2.75, 3.05) is 27.2 Å². The van der Waals surface area contributed by atoms with Crippen molar-refractivity contribution in [1.29, 1.82) is 0 Å². The molecule has 0 aromatic carbocycles. The molecule has 1 saturated heterocycles. The Hall–Kier alpha value is -0.0800. The molecule has 0 N–H and O–H groups in total. The zero-order valence-electron chi connectivity index (χ0n) is 8.88. The number of hydrogen-bond donors (Lipinski definition) is 0. The van der Waals surface area contributed by atoms with Gasteiger partial charge >= 0.3 is 0 Å². The molecule has 1 fully saturated rings. The van der Waals surface area contributed by atoms with Gasteiger partial charge in [0.1, 0.15) is 0 Å². The molecule has 0 saturated carbocycles. The summed E-state index contributed by atoms with van der Waals surface area (Å²) in [6.07, 6.45) is 2.55. The molecule has 2 heteroatoms. The smallest absolute Gasteiger partial charge is 0.0246 e. The van der Waals surface area contributed by atoms with Crippen molar-refractivity contribution < 1.29 is 0 Å². The van der Waals surface area contributed by atoms with Crippen LogP contribution in [0.2, 0.25) is 0 Å². The van der Waals surface area contributed by atoms with E-state index in [1.54, 1.807) is 0 Å². The first-order valence-corrected chi connectivity index (χ1v) is 5.11. The summed E-state index contributed by atoms with van der Waals surface area (Å²) >= 11 is 0. The molecule has 0 aromatic rings. The van der Waals surface area contributed by atoms with Gasteiger partial charge in [0.2, 0.25) is 0 Å². The second-order valence-electron chi connectivity index (χ2n) is 3.91. The summed E-state index contributed by atoms with van der Waals surface area (Å²) in [4.78, 5) is 5.02. The monoisotopic (exact) mass is 170 g/mol. The van der Waals surface area contributed by atoms with Gasteiger partial charge in [-0.1, -0.05) is 13.8 Å². The molecule has 2 atom stereocenters. The van der Waals surface area contributed by atoms with Gasteiger partial charge in [0.25, 0.3) is 0 Å². The van der Waals surface area contributed by atoms with Crippen molar-refractivity contribution in [2.45, 2.75) is 38.8 Å². The molecule has 0 aliphatic carbocycles. The third-order valence-corrected chi connectivity index (χ3v) is 3.22. The van der Waals surface area contributed by atoms with Gasteiger partial charge in [0, 0.05) is 25.2 Å². The van der Waals surface area contributed by atoms with Gasteiger partial charge in [-0.25, -0.2) is 0 Å². The first-order chi connectivity index (χ1) is 5.70. The fourth-order valence-corrected chi connectivity index (χ4v) is 2.40. The van der Waals surface area contributed by atoms with Crippen molar-refractivity contribution in [3.05, 3.63) is 0 Å². The van der Waals surface area contributed by atoms with Crippen molar-refractivity contribution >= 4 is 0 Å². The lowest BCUT2D eigenvalue weighted by Gasteiger charge is -2.44. The third kappa shape index (κ3) is 1.80. The molecule has 1 heterocycles. The zero-order valence-corrected chi connectivity index (χ0v) is 8.88. The van der Waals surface area contributed by atoms with Crippen LogP contribution in [-0.4, -0.2) is 49.1 Å². The Balaban J connectivity index is 2.61. The summed E-state index contributed by atoms with van der Waals surface area (Å²) in [6, 6.07) is 1.54. The van der Waals surface area contributed by atoms with E-state index in [1.165, 1.54) is 25.9 Å². The Labute approximate surface area is 76.5 Å². The highest BCUT2D eigenvalue weighted by Gasteiger charge is 2.29. The molecule has 0 amide bonds. The van der Waals surface area contributed by atoms with E-state index in [0.717, 1.165) is 12.1 Å². The van der Waals surface area contributed by atoms with Crippen molar-refractivity contribution in [3.8, 4) is 0 Å². The summed E-state index contributed by atoms with van der Waals surface area (Å²) in [5.74, 6) is 0. The van der Waals surface area contributed by atoms with E-state index in [2.05, 4.69) is 37.7 Å². The van der Waals surface area contributed by atoms with Crippen molar-refractivity contribution in [1.82, 2.24) is 9.80 Å². The molecule has 0 bridgehead atoms. The first-order valence-electron chi connectivity index (χ1n) is 5.11. The van der Waals surface area contributed by atoms with Gasteiger partial charge < -0.3 is 9.80 Å². The van der Waals surface area contributed by atoms with Crippen LogP contribution in [0.3, 0.4) is 0 Å². The SMILES string of the molecule is CCC1C(CC)N(C)CCN1C. The number of piperazine rings is 1. The van der Waals surface area contributed by atoms with Crippen LogP contribution >= 0.6 is 0 Å². The summed E-state index contributed by atoms with van der Waals surface area (Å²) in [5, 5.41) is 0. The lowest BCUT2D eigenvalue weighted by atomic mass is 9.98. The van der Waals surface area contributed by atoms with Gasteiger partial charge in [-0.15, -0.1) is 0 Å². The van der Waals surface area contributed by atoms with Crippen molar-refractivity contribution in [2.24, 2.45) is 0 Å². The van der Waals surface area contributed by atoms with Crippen LogP contribution in [0.15, 0.2) is 0 Å². The van der Waals surface area contributed by atoms with E-state index >= 15 is 0 Å². The van der Waals surface area contributed by atoms with E-state index in [9.17, 15) is 0 Å². The Morgan fingerprint density at radius 1 is 0.917 bits per heavy atom. The Kier molecular flexibility index (Phi) is 3.53. The minimum Gasteiger partial charge on any atom is -0.301 e. The maximum absolute atomic E-state index is 2.51. The first kappa shape index (κ1) is 10.0. The molecular formula is C10H22N2. The normalized spacial score (nSPS) is 34.0. The molecule has 72 valence electrons. The molecule has 0 aromatic heterocycles. The van der Waals surface area contributed by atoms with E-state index in [4.69, 9.17) is 0 Å². The molecule has 2 nitrogen and oxygen atoms in total. The van der Waals surface area contributed by atoms with Gasteiger partial charge in [-0.05, 0) is 26.9 Å². The minimum atomic E-state index is 0.772. The Morgan fingerprint density at radius 2 is 1.25 bits per heavy atom. The summed E-state index contributed by atoms with van der Waals surface area (Å²) in [5.41, 5.74) is 0. The van der Waals surface area contributed by atoms with Crippen LogP contribution in [0, 0.1) is 0 Å². The Bertz CT molecular complexity index is 120. The standard InChI is InChI=1S/C10H22N2/c1-5-9-10(6-2)12(4)8-7-11(9)3/h9-10H,5-8H2,1-4H3. The predicted molar refractivity (Wildman–Crippen MR) is 53.4 cm³/mol. The summed E-state index contributed by atoms with van der Waals surface area (Å²) in [7, 11) is 4.51. The van der Waals surface area contributed by atoms with Crippen LogP contribution in [0.1, 0.15) is 26.7 Å². The van der Waals surface area contributed by atoms with E-state index < -0.39 is 0 Å². The molecule has 0 radical (unpaired) electrons. The molecule has 1 rings (SSSR count). The molecule has 2 unspecified atom stereocenters.